The molecule has 0 unspecified atom stereocenters. The molecule has 0 saturated heterocycles. The minimum absolute atomic E-state index is 0.840. The zero-order valence-electron chi connectivity index (χ0n) is 3.70. The Balaban J connectivity index is 3.80. The van der Waals surface area contributed by atoms with Crippen molar-refractivity contribution in [1.82, 2.24) is 0 Å². The molecule has 5 heteroatoms. The Morgan fingerprint density at radius 2 is 1.71 bits per heavy atom. The van der Waals surface area contributed by atoms with Gasteiger partial charge in [-0.3, -0.25) is 4.57 Å². The molecule has 0 aliphatic heterocycles. The van der Waals surface area contributed by atoms with Crippen LogP contribution in [0, 0.1) is 5.85 Å². The molecular formula is C2H6O4P. The molecule has 0 amide bonds. The predicted octanol–water partition coefficient (Wildman–Crippen LogP) is 0.0460. The second-order valence-corrected chi connectivity index (χ2v) is 2.83. The smallest absolute Gasteiger partial charge is 0.360 e. The Kier molecular flexibility index (Phi) is 1.95. The molecule has 1 radical (unpaired) electrons. The monoisotopic (exact) mass is 125 g/mol. The summed E-state index contributed by atoms with van der Waals surface area (Å²) >= 11 is 0. The number of hydrogen-bond donors (Lipinski definition) is 3. The Labute approximate surface area is 40.9 Å². The van der Waals surface area contributed by atoms with Crippen molar-refractivity contribution in [3.63, 3.8) is 0 Å². The van der Waals surface area contributed by atoms with Gasteiger partial charge in [0.1, 0.15) is 0 Å². The van der Waals surface area contributed by atoms with Crippen LogP contribution >= 0.6 is 7.60 Å². The van der Waals surface area contributed by atoms with Crippen LogP contribution < -0.4 is 0 Å². The van der Waals surface area contributed by atoms with Gasteiger partial charge in [0.25, 0.3) is 0 Å². The van der Waals surface area contributed by atoms with E-state index in [0.29, 0.717) is 0 Å². The van der Waals surface area contributed by atoms with Gasteiger partial charge in [0.05, 0.1) is 0 Å². The third kappa shape index (κ3) is 2.76. The van der Waals surface area contributed by atoms with Crippen LogP contribution in [0.5, 0.6) is 0 Å². The van der Waals surface area contributed by atoms with Gasteiger partial charge in [-0.05, 0) is 6.92 Å². The molecule has 0 aliphatic rings. The lowest BCUT2D eigenvalue weighted by atomic mass is 10.9. The van der Waals surface area contributed by atoms with E-state index in [1.807, 2.05) is 0 Å². The number of rotatable bonds is 1. The lowest BCUT2D eigenvalue weighted by Gasteiger charge is -2.01. The van der Waals surface area contributed by atoms with E-state index >= 15 is 0 Å². The fraction of sp³-hybridized carbons (Fsp3) is 0.500. The summed E-state index contributed by atoms with van der Waals surface area (Å²) in [4.78, 5) is 15.8. The summed E-state index contributed by atoms with van der Waals surface area (Å²) in [6, 6.07) is 0. The summed E-state index contributed by atoms with van der Waals surface area (Å²) in [5.41, 5.74) is 0. The fourth-order valence-corrected chi connectivity index (χ4v) is 0. The average Bonchev–Trinajstić information content (AvgIpc) is 1.31. The zero-order valence-corrected chi connectivity index (χ0v) is 4.59. The van der Waals surface area contributed by atoms with Crippen molar-refractivity contribution in [2.75, 3.05) is 0 Å². The number of hydrogen-bond acceptors (Lipinski definition) is 2. The van der Waals surface area contributed by atoms with Gasteiger partial charge in [-0.1, -0.05) is 0 Å². The van der Waals surface area contributed by atoms with Crippen LogP contribution in [0.2, 0.25) is 0 Å². The quantitative estimate of drug-likeness (QED) is 0.432. The van der Waals surface area contributed by atoms with Gasteiger partial charge in [-0.2, -0.15) is 0 Å². The molecule has 0 aliphatic carbocycles. The molecule has 0 atom stereocenters. The molecule has 0 bridgehead atoms. The minimum atomic E-state index is -4.27. The van der Waals surface area contributed by atoms with Crippen molar-refractivity contribution in [1.29, 1.82) is 0 Å². The van der Waals surface area contributed by atoms with Crippen LogP contribution in [-0.4, -0.2) is 14.9 Å². The lowest BCUT2D eigenvalue weighted by molar-refractivity contribution is 0.292. The van der Waals surface area contributed by atoms with Crippen molar-refractivity contribution in [3.05, 3.63) is 5.85 Å². The highest BCUT2D eigenvalue weighted by atomic mass is 31.2. The van der Waals surface area contributed by atoms with Crippen LogP contribution in [0.1, 0.15) is 6.92 Å². The molecule has 0 heterocycles. The van der Waals surface area contributed by atoms with E-state index in [1.54, 1.807) is 0 Å². The third-order valence-corrected chi connectivity index (χ3v) is 1.26. The maximum absolute atomic E-state index is 9.74. The second kappa shape index (κ2) is 1.92. The summed E-state index contributed by atoms with van der Waals surface area (Å²) in [6.07, 6.45) is 0. The highest BCUT2D eigenvalue weighted by molar-refractivity contribution is 7.54. The molecule has 0 fully saturated rings. The van der Waals surface area contributed by atoms with Gasteiger partial charge in [-0.25, -0.2) is 0 Å². The van der Waals surface area contributed by atoms with Crippen molar-refractivity contribution in [3.8, 4) is 0 Å². The highest BCUT2D eigenvalue weighted by Gasteiger charge is 2.21. The Hall–Kier alpha value is 0.110. The Morgan fingerprint density at radius 1 is 1.57 bits per heavy atom. The maximum Gasteiger partial charge on any atom is 0.360 e. The first-order valence-electron chi connectivity index (χ1n) is 1.53. The van der Waals surface area contributed by atoms with Gasteiger partial charge < -0.3 is 14.9 Å². The molecule has 3 N–H and O–H groups in total. The van der Waals surface area contributed by atoms with Gasteiger partial charge in [0.15, 0.2) is 0 Å². The van der Waals surface area contributed by atoms with Crippen molar-refractivity contribution >= 4 is 7.60 Å². The van der Waals surface area contributed by atoms with Crippen molar-refractivity contribution < 1.29 is 19.5 Å². The standard InChI is InChI=1S/C2H6O4P/c1-2(3)7(4,5)6/h3H,1H3,(H2,4,5,6). The minimum Gasteiger partial charge on any atom is -0.375 e. The number of aliphatic hydroxyl groups is 1. The van der Waals surface area contributed by atoms with Gasteiger partial charge in [0.2, 0.25) is 5.85 Å². The fourth-order valence-electron chi connectivity index (χ4n) is 0. The molecule has 0 aromatic rings. The van der Waals surface area contributed by atoms with Gasteiger partial charge in [0, 0.05) is 0 Å². The maximum atomic E-state index is 9.74. The first-order chi connectivity index (χ1) is 2.94. The molecule has 0 aromatic heterocycles. The van der Waals surface area contributed by atoms with Crippen LogP contribution in [-0.2, 0) is 4.57 Å². The van der Waals surface area contributed by atoms with Crippen molar-refractivity contribution in [2.24, 2.45) is 0 Å². The van der Waals surface area contributed by atoms with E-state index < -0.39 is 13.4 Å². The SMILES string of the molecule is C[C](O)P(=O)(O)O. The summed E-state index contributed by atoms with van der Waals surface area (Å²) in [6.45, 7) is 0.959. The molecule has 0 spiro atoms. The normalized spacial score (nSPS) is 12.7. The van der Waals surface area contributed by atoms with E-state index in [0.717, 1.165) is 6.92 Å². The lowest BCUT2D eigenvalue weighted by Crippen LogP contribution is -1.88. The topological polar surface area (TPSA) is 77.8 Å². The molecule has 43 valence electrons. The zero-order chi connectivity index (χ0) is 6.08. The van der Waals surface area contributed by atoms with Crippen LogP contribution in [0.25, 0.3) is 0 Å². The van der Waals surface area contributed by atoms with E-state index in [1.165, 1.54) is 0 Å². The van der Waals surface area contributed by atoms with E-state index in [-0.39, 0.29) is 0 Å². The van der Waals surface area contributed by atoms with Crippen LogP contribution in [0.3, 0.4) is 0 Å². The van der Waals surface area contributed by atoms with Crippen LogP contribution in [0.15, 0.2) is 0 Å². The average molecular weight is 125 g/mol. The van der Waals surface area contributed by atoms with E-state index in [9.17, 15) is 4.57 Å². The largest absolute Gasteiger partial charge is 0.375 e. The first kappa shape index (κ1) is 7.11. The first-order valence-corrected chi connectivity index (χ1v) is 3.14. The second-order valence-electron chi connectivity index (χ2n) is 1.09. The van der Waals surface area contributed by atoms with E-state index in [2.05, 4.69) is 0 Å². The number of aliphatic hydroxyl groups excluding tert-OH is 1. The summed E-state index contributed by atoms with van der Waals surface area (Å²) < 4.78 is 9.74. The Morgan fingerprint density at radius 3 is 1.71 bits per heavy atom. The third-order valence-electron chi connectivity index (χ3n) is 0.422. The highest BCUT2D eigenvalue weighted by Crippen LogP contribution is 2.44. The molecule has 0 rings (SSSR count). The van der Waals surface area contributed by atoms with Crippen LogP contribution in [0.4, 0.5) is 0 Å². The Bertz CT molecular complexity index is 91.9. The molecule has 0 aromatic carbocycles. The van der Waals surface area contributed by atoms with Gasteiger partial charge in [-0.15, -0.1) is 0 Å². The predicted molar refractivity (Wildman–Crippen MR) is 22.9 cm³/mol. The van der Waals surface area contributed by atoms with E-state index in [4.69, 9.17) is 14.9 Å². The summed E-state index contributed by atoms with van der Waals surface area (Å²) in [7, 11) is -4.27. The van der Waals surface area contributed by atoms with Crippen molar-refractivity contribution in [2.45, 2.75) is 6.92 Å². The summed E-state index contributed by atoms with van der Waals surface area (Å²) in [5.74, 6) is -0.840. The molecule has 4 nitrogen and oxygen atoms in total. The summed E-state index contributed by atoms with van der Waals surface area (Å²) in [5, 5.41) is 8.04. The molecule has 7 heavy (non-hydrogen) atoms. The molecular weight excluding hydrogens is 119 g/mol. The molecule has 0 saturated carbocycles. The van der Waals surface area contributed by atoms with Gasteiger partial charge >= 0.3 is 7.60 Å².